The summed E-state index contributed by atoms with van der Waals surface area (Å²) in [6.07, 6.45) is -0.637. The summed E-state index contributed by atoms with van der Waals surface area (Å²) in [5.74, 6) is -0.561. The number of carbonyl (C=O) groups excluding carboxylic acids is 2. The maximum atomic E-state index is 12.8. The first-order valence-electron chi connectivity index (χ1n) is 7.33. The van der Waals surface area contributed by atoms with E-state index in [1.807, 2.05) is 0 Å². The zero-order valence-corrected chi connectivity index (χ0v) is 12.6. The van der Waals surface area contributed by atoms with Gasteiger partial charge in [0.1, 0.15) is 6.10 Å². The van der Waals surface area contributed by atoms with Crippen LogP contribution in [0.3, 0.4) is 0 Å². The van der Waals surface area contributed by atoms with Gasteiger partial charge in [-0.05, 0) is 29.8 Å². The van der Waals surface area contributed by atoms with E-state index in [4.69, 9.17) is 4.74 Å². The normalized spacial score (nSPS) is 24.1. The molecule has 0 aromatic heterocycles. The highest BCUT2D eigenvalue weighted by molar-refractivity contribution is 6.21. The number of epoxide rings is 1. The van der Waals surface area contributed by atoms with Gasteiger partial charge in [0, 0.05) is 24.6 Å². The highest BCUT2D eigenvalue weighted by Crippen LogP contribution is 2.59. The number of carbonyl (C=O) groups is 2. The lowest BCUT2D eigenvalue weighted by Gasteiger charge is -2.20. The Morgan fingerprint density at radius 3 is 2.50 bits per heavy atom. The first-order chi connectivity index (χ1) is 11.5. The molecule has 0 N–H and O–H groups in total. The number of Topliss-reactive ketones (excluding diaryl/α,β-unsaturated/α-hetero) is 1. The summed E-state index contributed by atoms with van der Waals surface area (Å²) in [6.45, 7) is 1.38. The fourth-order valence-corrected chi connectivity index (χ4v) is 3.29. The molecule has 2 aromatic rings. The molecule has 2 heterocycles. The predicted molar refractivity (Wildman–Crippen MR) is 83.6 cm³/mol. The van der Waals surface area contributed by atoms with E-state index < -0.39 is 16.8 Å². The van der Waals surface area contributed by atoms with Crippen molar-refractivity contribution in [3.63, 3.8) is 0 Å². The van der Waals surface area contributed by atoms with Gasteiger partial charge in [0.2, 0.25) is 17.4 Å². The van der Waals surface area contributed by atoms with Gasteiger partial charge < -0.3 is 4.74 Å². The maximum Gasteiger partial charge on any atom is 0.269 e. The van der Waals surface area contributed by atoms with Gasteiger partial charge in [0.05, 0.1) is 10.6 Å². The summed E-state index contributed by atoms with van der Waals surface area (Å²) in [4.78, 5) is 36.6. The van der Waals surface area contributed by atoms with Gasteiger partial charge in [-0.15, -0.1) is 0 Å². The Hall–Kier alpha value is -3.06. The molecule has 120 valence electrons. The fourth-order valence-electron chi connectivity index (χ4n) is 3.29. The van der Waals surface area contributed by atoms with Crippen molar-refractivity contribution in [3.8, 4) is 0 Å². The van der Waals surface area contributed by atoms with Crippen molar-refractivity contribution in [1.29, 1.82) is 0 Å². The van der Waals surface area contributed by atoms with Crippen LogP contribution in [0.4, 0.5) is 11.4 Å². The van der Waals surface area contributed by atoms with E-state index in [0.29, 0.717) is 16.8 Å². The minimum atomic E-state index is -1.37. The van der Waals surface area contributed by atoms with Gasteiger partial charge in [-0.25, -0.2) is 0 Å². The van der Waals surface area contributed by atoms with Gasteiger partial charge in [-0.2, -0.15) is 0 Å². The average Bonchev–Trinajstić information content (AvgIpc) is 3.24. The lowest BCUT2D eigenvalue weighted by molar-refractivity contribution is -0.384. The highest BCUT2D eigenvalue weighted by Gasteiger charge is 2.72. The van der Waals surface area contributed by atoms with E-state index in [9.17, 15) is 19.7 Å². The number of hydrogen-bond donors (Lipinski definition) is 0. The second-order valence-electron chi connectivity index (χ2n) is 5.74. The Bertz CT molecular complexity index is 892. The van der Waals surface area contributed by atoms with E-state index >= 15 is 0 Å². The zero-order chi connectivity index (χ0) is 17.1. The van der Waals surface area contributed by atoms with Crippen molar-refractivity contribution in [2.24, 2.45) is 0 Å². The second kappa shape index (κ2) is 4.72. The summed E-state index contributed by atoms with van der Waals surface area (Å²) in [5, 5.41) is 10.8. The molecular weight excluding hydrogens is 312 g/mol. The van der Waals surface area contributed by atoms with Crippen molar-refractivity contribution in [1.82, 2.24) is 0 Å². The van der Waals surface area contributed by atoms with Crippen LogP contribution >= 0.6 is 0 Å². The number of fused-ring (bicyclic) bond motifs is 1. The van der Waals surface area contributed by atoms with Crippen LogP contribution in [0.5, 0.6) is 0 Å². The number of non-ortho nitro benzene ring substituents is 1. The highest BCUT2D eigenvalue weighted by atomic mass is 16.6. The number of nitro groups is 1. The van der Waals surface area contributed by atoms with Crippen molar-refractivity contribution >= 4 is 23.1 Å². The third-order valence-corrected chi connectivity index (χ3v) is 4.36. The van der Waals surface area contributed by atoms with E-state index in [0.717, 1.165) is 0 Å². The number of nitrogens with zero attached hydrogens (tertiary/aromatic N) is 2. The molecule has 0 radical (unpaired) electrons. The molecule has 7 heteroatoms. The number of rotatable bonds is 2. The van der Waals surface area contributed by atoms with Crippen molar-refractivity contribution in [2.45, 2.75) is 18.8 Å². The third kappa shape index (κ3) is 1.75. The van der Waals surface area contributed by atoms with Crippen LogP contribution in [-0.4, -0.2) is 22.3 Å². The van der Waals surface area contributed by atoms with Gasteiger partial charge >= 0.3 is 0 Å². The summed E-state index contributed by atoms with van der Waals surface area (Å²) < 4.78 is 5.71. The fraction of sp³-hybridized carbons (Fsp3) is 0.176. The second-order valence-corrected chi connectivity index (χ2v) is 5.74. The molecular formula is C17H12N2O5. The number of nitro benzene ring substituents is 1. The number of ketones is 1. The average molecular weight is 324 g/mol. The van der Waals surface area contributed by atoms with Gasteiger partial charge in [-0.3, -0.25) is 24.6 Å². The number of ether oxygens (including phenoxy) is 1. The minimum absolute atomic E-state index is 0.0436. The maximum absolute atomic E-state index is 12.8. The van der Waals surface area contributed by atoms with Crippen molar-refractivity contribution in [2.75, 3.05) is 4.90 Å². The lowest BCUT2D eigenvalue weighted by atomic mass is 10.0. The SMILES string of the molecule is CC(=O)N1c2ccccc2C(=O)[C@@]12O[C@H]2c1ccc([N+](=O)[O-])cc1. The van der Waals surface area contributed by atoms with E-state index in [-0.39, 0.29) is 17.4 Å². The first kappa shape index (κ1) is 14.5. The molecule has 0 aliphatic carbocycles. The molecule has 1 spiro atoms. The largest absolute Gasteiger partial charge is 0.332 e. The quantitative estimate of drug-likeness (QED) is 0.481. The Kier molecular flexibility index (Phi) is 2.86. The zero-order valence-electron chi connectivity index (χ0n) is 12.6. The van der Waals surface area contributed by atoms with Crippen molar-refractivity contribution < 1.29 is 19.2 Å². The van der Waals surface area contributed by atoms with E-state index in [2.05, 4.69) is 0 Å². The summed E-state index contributed by atoms with van der Waals surface area (Å²) in [7, 11) is 0. The summed E-state index contributed by atoms with van der Waals surface area (Å²) in [5.41, 5.74) is 0.175. The molecule has 2 atom stereocenters. The molecule has 1 amide bonds. The van der Waals surface area contributed by atoms with Crippen LogP contribution < -0.4 is 4.90 Å². The number of hydrogen-bond acceptors (Lipinski definition) is 5. The standard InChI is InChI=1S/C17H12N2O5/c1-10(20)18-14-5-3-2-4-13(14)15(21)17(18)16(24-17)11-6-8-12(9-7-11)19(22)23/h2-9,16H,1H3/t16-,17-/m0/s1. The first-order valence-corrected chi connectivity index (χ1v) is 7.33. The number of para-hydroxylation sites is 1. The Morgan fingerprint density at radius 2 is 1.88 bits per heavy atom. The van der Waals surface area contributed by atoms with Crippen molar-refractivity contribution in [3.05, 3.63) is 69.8 Å². The topological polar surface area (TPSA) is 93.1 Å². The molecule has 0 saturated carbocycles. The minimum Gasteiger partial charge on any atom is -0.332 e. The van der Waals surface area contributed by atoms with Gasteiger partial charge in [0.25, 0.3) is 5.69 Å². The smallest absolute Gasteiger partial charge is 0.269 e. The van der Waals surface area contributed by atoms with Crippen LogP contribution in [0.15, 0.2) is 48.5 Å². The number of benzene rings is 2. The molecule has 1 saturated heterocycles. The molecule has 2 aliphatic rings. The molecule has 4 rings (SSSR count). The number of amides is 1. The van der Waals surface area contributed by atoms with Crippen LogP contribution in [-0.2, 0) is 9.53 Å². The Balaban J connectivity index is 1.75. The molecule has 24 heavy (non-hydrogen) atoms. The van der Waals surface area contributed by atoms with Crippen LogP contribution in [0.25, 0.3) is 0 Å². The monoisotopic (exact) mass is 324 g/mol. The Morgan fingerprint density at radius 1 is 1.21 bits per heavy atom. The molecule has 2 aliphatic heterocycles. The molecule has 0 unspecified atom stereocenters. The van der Waals surface area contributed by atoms with Gasteiger partial charge in [0.15, 0.2) is 0 Å². The predicted octanol–water partition coefficient (Wildman–Crippen LogP) is 2.61. The molecule has 2 aromatic carbocycles. The third-order valence-electron chi connectivity index (χ3n) is 4.36. The summed E-state index contributed by atoms with van der Waals surface area (Å²) in [6, 6.07) is 12.7. The van der Waals surface area contributed by atoms with Gasteiger partial charge in [-0.1, -0.05) is 12.1 Å². The number of anilines is 1. The van der Waals surface area contributed by atoms with Crippen LogP contribution in [0, 0.1) is 10.1 Å². The van der Waals surface area contributed by atoms with E-state index in [1.54, 1.807) is 36.4 Å². The van der Waals surface area contributed by atoms with E-state index in [1.165, 1.54) is 24.0 Å². The molecule has 1 fully saturated rings. The van der Waals surface area contributed by atoms with Crippen LogP contribution in [0.2, 0.25) is 0 Å². The molecule has 7 nitrogen and oxygen atoms in total. The summed E-state index contributed by atoms with van der Waals surface area (Å²) >= 11 is 0. The molecule has 0 bridgehead atoms. The Labute approximate surface area is 136 Å². The lowest BCUT2D eigenvalue weighted by Crippen LogP contribution is -2.43. The van der Waals surface area contributed by atoms with Crippen LogP contribution in [0.1, 0.15) is 28.9 Å².